The smallest absolute Gasteiger partial charge is 0.162 e. The fourth-order valence-corrected chi connectivity index (χ4v) is 1.94. The fraction of sp³-hybridized carbons (Fsp3) is 0.462. The predicted molar refractivity (Wildman–Crippen MR) is 72.9 cm³/mol. The third kappa shape index (κ3) is 3.10. The summed E-state index contributed by atoms with van der Waals surface area (Å²) < 4.78 is 26.4. The molecule has 1 aliphatic rings. The molecule has 0 aromatic heterocycles. The van der Waals surface area contributed by atoms with Gasteiger partial charge >= 0.3 is 0 Å². The molecule has 2 rings (SSSR count). The minimum absolute atomic E-state index is 0.343. The van der Waals surface area contributed by atoms with Crippen molar-refractivity contribution in [2.24, 2.45) is 4.40 Å². The lowest BCUT2D eigenvalue weighted by atomic mass is 10.2. The van der Waals surface area contributed by atoms with Crippen molar-refractivity contribution in [2.75, 3.05) is 13.2 Å². The van der Waals surface area contributed by atoms with E-state index in [0.29, 0.717) is 19.0 Å². The molecule has 1 aromatic carbocycles. The predicted octanol–water partition coefficient (Wildman–Crippen LogP) is 2.34. The summed E-state index contributed by atoms with van der Waals surface area (Å²) >= 11 is 0. The van der Waals surface area contributed by atoms with E-state index in [4.69, 9.17) is 9.47 Å². The molecular weight excluding hydrogens is 250 g/mol. The quantitative estimate of drug-likeness (QED) is 0.773. The van der Waals surface area contributed by atoms with Gasteiger partial charge in [0.1, 0.15) is 24.2 Å². The molecular formula is C13H17NO3S. The number of fused-ring (bicyclic) bond motifs is 1. The fourth-order valence-electron chi connectivity index (χ4n) is 1.41. The zero-order valence-electron chi connectivity index (χ0n) is 10.8. The molecule has 0 spiro atoms. The minimum Gasteiger partial charge on any atom is -0.486 e. The molecule has 0 saturated carbocycles. The van der Waals surface area contributed by atoms with E-state index in [2.05, 4.69) is 4.40 Å². The normalized spacial score (nSPS) is 16.8. The van der Waals surface area contributed by atoms with Gasteiger partial charge < -0.3 is 9.47 Å². The first-order valence-electron chi connectivity index (χ1n) is 5.82. The second-order valence-electron chi connectivity index (χ2n) is 5.00. The summed E-state index contributed by atoms with van der Waals surface area (Å²) in [5.41, 5.74) is 0.858. The topological polar surface area (TPSA) is 47.9 Å². The van der Waals surface area contributed by atoms with Crippen LogP contribution in [0, 0.1) is 0 Å². The number of hydrogen-bond donors (Lipinski definition) is 0. The van der Waals surface area contributed by atoms with Crippen LogP contribution in [0.2, 0.25) is 0 Å². The van der Waals surface area contributed by atoms with Crippen LogP contribution >= 0.6 is 0 Å². The Kier molecular flexibility index (Phi) is 3.71. The average molecular weight is 267 g/mol. The van der Waals surface area contributed by atoms with Gasteiger partial charge in [0, 0.05) is 6.21 Å². The molecule has 0 N–H and O–H groups in total. The molecule has 0 amide bonds. The maximum absolute atomic E-state index is 11.8. The van der Waals surface area contributed by atoms with Crippen molar-refractivity contribution < 1.29 is 13.7 Å². The average Bonchev–Trinajstić information content (AvgIpc) is 2.34. The van der Waals surface area contributed by atoms with Crippen LogP contribution in [0.1, 0.15) is 26.3 Å². The summed E-state index contributed by atoms with van der Waals surface area (Å²) in [6, 6.07) is 5.56. The number of nitrogens with zero attached hydrogens (tertiary/aromatic N) is 1. The van der Waals surface area contributed by atoms with Gasteiger partial charge in [-0.3, -0.25) is 0 Å². The molecule has 1 aromatic rings. The molecule has 0 bridgehead atoms. The van der Waals surface area contributed by atoms with E-state index in [1.165, 1.54) is 0 Å². The summed E-state index contributed by atoms with van der Waals surface area (Å²) in [7, 11) is -1.24. The Bertz CT molecular complexity index is 491. The first-order chi connectivity index (χ1) is 8.47. The summed E-state index contributed by atoms with van der Waals surface area (Å²) in [6.07, 6.45) is 1.61. The van der Waals surface area contributed by atoms with E-state index in [9.17, 15) is 4.21 Å². The zero-order chi connectivity index (χ0) is 13.2. The van der Waals surface area contributed by atoms with Crippen molar-refractivity contribution in [3.05, 3.63) is 23.8 Å². The van der Waals surface area contributed by atoms with Gasteiger partial charge in [-0.2, -0.15) is 4.40 Å². The van der Waals surface area contributed by atoms with E-state index in [1.54, 1.807) is 6.21 Å². The van der Waals surface area contributed by atoms with Gasteiger partial charge in [-0.25, -0.2) is 4.21 Å². The van der Waals surface area contributed by atoms with E-state index >= 15 is 0 Å². The third-order valence-corrected chi connectivity index (χ3v) is 3.73. The van der Waals surface area contributed by atoms with Crippen molar-refractivity contribution in [2.45, 2.75) is 25.5 Å². The third-order valence-electron chi connectivity index (χ3n) is 2.39. The highest BCUT2D eigenvalue weighted by molar-refractivity contribution is 7.85. The molecule has 18 heavy (non-hydrogen) atoms. The summed E-state index contributed by atoms with van der Waals surface area (Å²) in [4.78, 5) is 0. The number of ether oxygens (including phenoxy) is 2. The van der Waals surface area contributed by atoms with Gasteiger partial charge in [-0.05, 0) is 44.5 Å². The van der Waals surface area contributed by atoms with Gasteiger partial charge in [0.05, 0.1) is 4.75 Å². The molecule has 1 heterocycles. The largest absolute Gasteiger partial charge is 0.486 e. The van der Waals surface area contributed by atoms with Gasteiger partial charge in [0.25, 0.3) is 0 Å². The SMILES string of the molecule is CC(C)(C)S(=O)N=Cc1ccc2c(c1)OCCO2. The Balaban J connectivity index is 2.15. The molecule has 1 atom stereocenters. The number of rotatable bonds is 2. The monoisotopic (exact) mass is 267 g/mol. The number of hydrogen-bond acceptors (Lipinski definition) is 3. The molecule has 1 aliphatic heterocycles. The van der Waals surface area contributed by atoms with E-state index in [0.717, 1.165) is 11.3 Å². The van der Waals surface area contributed by atoms with E-state index in [-0.39, 0.29) is 4.75 Å². The molecule has 0 aliphatic carbocycles. The lowest BCUT2D eigenvalue weighted by Gasteiger charge is -2.18. The second-order valence-corrected chi connectivity index (χ2v) is 6.93. The van der Waals surface area contributed by atoms with Crippen molar-refractivity contribution in [1.82, 2.24) is 0 Å². The molecule has 0 saturated heterocycles. The first-order valence-corrected chi connectivity index (χ1v) is 6.93. The van der Waals surface area contributed by atoms with Gasteiger partial charge in [-0.15, -0.1) is 0 Å². The van der Waals surface area contributed by atoms with Crippen LogP contribution in [0.5, 0.6) is 11.5 Å². The zero-order valence-corrected chi connectivity index (χ0v) is 11.6. The molecule has 5 heteroatoms. The van der Waals surface area contributed by atoms with Crippen molar-refractivity contribution in [3.8, 4) is 11.5 Å². The van der Waals surface area contributed by atoms with Crippen LogP contribution in [0.4, 0.5) is 0 Å². The summed E-state index contributed by atoms with van der Waals surface area (Å²) in [5.74, 6) is 1.46. The highest BCUT2D eigenvalue weighted by Gasteiger charge is 2.18. The van der Waals surface area contributed by atoms with Crippen molar-refractivity contribution in [3.63, 3.8) is 0 Å². The van der Waals surface area contributed by atoms with Gasteiger partial charge in [0.15, 0.2) is 11.5 Å². The van der Waals surface area contributed by atoms with Crippen molar-refractivity contribution >= 4 is 17.2 Å². The van der Waals surface area contributed by atoms with Crippen molar-refractivity contribution in [1.29, 1.82) is 0 Å². The van der Waals surface area contributed by atoms with Crippen LogP contribution < -0.4 is 9.47 Å². The molecule has 98 valence electrons. The minimum atomic E-state index is -1.24. The standard InChI is InChI=1S/C13H17NO3S/c1-13(2,3)18(15)14-9-10-4-5-11-12(8-10)17-7-6-16-11/h4-5,8-9H,6-7H2,1-3H3. The summed E-state index contributed by atoms with van der Waals surface area (Å²) in [5, 5.41) is 0. The maximum Gasteiger partial charge on any atom is 0.162 e. The Hall–Kier alpha value is -1.36. The van der Waals surface area contributed by atoms with Gasteiger partial charge in [-0.1, -0.05) is 0 Å². The Morgan fingerprint density at radius 2 is 1.89 bits per heavy atom. The van der Waals surface area contributed by atoms with Gasteiger partial charge in [0.2, 0.25) is 0 Å². The lowest BCUT2D eigenvalue weighted by Crippen LogP contribution is -2.19. The Labute approximate surface area is 110 Å². The Morgan fingerprint density at radius 1 is 1.22 bits per heavy atom. The van der Waals surface area contributed by atoms with E-state index in [1.807, 2.05) is 39.0 Å². The van der Waals surface area contributed by atoms with E-state index < -0.39 is 11.0 Å². The second kappa shape index (κ2) is 5.10. The van der Waals surface area contributed by atoms with Crippen LogP contribution in [0.25, 0.3) is 0 Å². The first kappa shape index (κ1) is 13.1. The molecule has 0 fully saturated rings. The molecule has 0 radical (unpaired) electrons. The van der Waals surface area contributed by atoms with Crippen LogP contribution in [0.3, 0.4) is 0 Å². The van der Waals surface area contributed by atoms with Crippen LogP contribution in [0.15, 0.2) is 22.6 Å². The van der Waals surface area contributed by atoms with Crippen LogP contribution in [-0.4, -0.2) is 28.4 Å². The molecule has 1 unspecified atom stereocenters. The highest BCUT2D eigenvalue weighted by Crippen LogP contribution is 2.30. The maximum atomic E-state index is 11.8. The summed E-state index contributed by atoms with van der Waals surface area (Å²) in [6.45, 7) is 6.81. The number of benzene rings is 1. The lowest BCUT2D eigenvalue weighted by molar-refractivity contribution is 0.171. The Morgan fingerprint density at radius 3 is 2.56 bits per heavy atom. The van der Waals surface area contributed by atoms with Crippen LogP contribution in [-0.2, 0) is 11.0 Å². The highest BCUT2D eigenvalue weighted by atomic mass is 32.2. The molecule has 4 nitrogen and oxygen atoms in total.